The van der Waals surface area contributed by atoms with Crippen LogP contribution in [0.5, 0.6) is 5.75 Å². The van der Waals surface area contributed by atoms with Crippen LogP contribution in [0, 0.1) is 5.82 Å². The molecule has 0 aliphatic rings. The fourth-order valence-corrected chi connectivity index (χ4v) is 1.40. The van der Waals surface area contributed by atoms with E-state index < -0.39 is 28.8 Å². The number of halogens is 1. The lowest BCUT2D eigenvalue weighted by Crippen LogP contribution is -2.23. The van der Waals surface area contributed by atoms with Gasteiger partial charge in [0.1, 0.15) is 11.5 Å². The van der Waals surface area contributed by atoms with Crippen molar-refractivity contribution in [2.45, 2.75) is 0 Å². The highest BCUT2D eigenvalue weighted by atomic mass is 19.1. The van der Waals surface area contributed by atoms with Crippen molar-refractivity contribution >= 4 is 5.97 Å². The Kier molecular flexibility index (Phi) is 2.80. The lowest BCUT2D eigenvalue weighted by molar-refractivity contribution is 0.0684. The molecule has 0 unspecified atom stereocenters. The van der Waals surface area contributed by atoms with Crippen LogP contribution in [0.3, 0.4) is 0 Å². The zero-order chi connectivity index (χ0) is 13.3. The molecule has 0 atom stereocenters. The molecule has 1 aromatic heterocycles. The van der Waals surface area contributed by atoms with E-state index in [0.717, 1.165) is 6.07 Å². The molecule has 7 heteroatoms. The molecule has 0 saturated carbocycles. The normalized spacial score (nSPS) is 10.3. The molecule has 0 aliphatic heterocycles. The van der Waals surface area contributed by atoms with E-state index in [2.05, 4.69) is 5.10 Å². The molecular weight excluding hydrogens is 243 g/mol. The standard InChI is InChI=1S/C11H7FN2O4/c12-6-3-1-2-4-7(6)14-9(16)5-8(15)10(13-14)11(17)18/h1-5,15H,(H,17,18). The average Bonchev–Trinajstić information content (AvgIpc) is 2.30. The third-order valence-electron chi connectivity index (χ3n) is 2.19. The van der Waals surface area contributed by atoms with Gasteiger partial charge in [-0.2, -0.15) is 9.78 Å². The lowest BCUT2D eigenvalue weighted by Gasteiger charge is -2.07. The van der Waals surface area contributed by atoms with Gasteiger partial charge in [0.15, 0.2) is 5.75 Å². The van der Waals surface area contributed by atoms with Crippen molar-refractivity contribution in [1.29, 1.82) is 0 Å². The Bertz CT molecular complexity index is 681. The fourth-order valence-electron chi connectivity index (χ4n) is 1.40. The van der Waals surface area contributed by atoms with Crippen molar-refractivity contribution in [3.05, 3.63) is 52.2 Å². The van der Waals surface area contributed by atoms with Crippen molar-refractivity contribution in [3.63, 3.8) is 0 Å². The Morgan fingerprint density at radius 3 is 2.61 bits per heavy atom. The number of aromatic hydroxyl groups is 1. The Hall–Kier alpha value is -2.70. The van der Waals surface area contributed by atoms with Gasteiger partial charge < -0.3 is 10.2 Å². The van der Waals surface area contributed by atoms with Gasteiger partial charge in [0.05, 0.1) is 0 Å². The number of carboxylic acid groups (broad SMARTS) is 1. The summed E-state index contributed by atoms with van der Waals surface area (Å²) in [5.41, 5.74) is -1.74. The van der Waals surface area contributed by atoms with E-state index in [9.17, 15) is 19.1 Å². The predicted molar refractivity (Wildman–Crippen MR) is 58.4 cm³/mol. The van der Waals surface area contributed by atoms with Crippen LogP contribution >= 0.6 is 0 Å². The molecule has 0 saturated heterocycles. The summed E-state index contributed by atoms with van der Waals surface area (Å²) in [6.45, 7) is 0. The second-order valence-electron chi connectivity index (χ2n) is 3.38. The number of carboxylic acids is 1. The maximum atomic E-state index is 13.5. The smallest absolute Gasteiger partial charge is 0.360 e. The van der Waals surface area contributed by atoms with Crippen LogP contribution in [0.1, 0.15) is 10.5 Å². The van der Waals surface area contributed by atoms with Crippen molar-refractivity contribution in [3.8, 4) is 11.4 Å². The van der Waals surface area contributed by atoms with Crippen LogP contribution in [0.4, 0.5) is 4.39 Å². The minimum absolute atomic E-state index is 0.190. The third-order valence-corrected chi connectivity index (χ3v) is 2.19. The molecule has 0 amide bonds. The number of hydrogen-bond acceptors (Lipinski definition) is 4. The molecule has 2 N–H and O–H groups in total. The zero-order valence-corrected chi connectivity index (χ0v) is 8.87. The Labute approximate surface area is 99.5 Å². The summed E-state index contributed by atoms with van der Waals surface area (Å²) < 4.78 is 14.1. The second kappa shape index (κ2) is 4.28. The Morgan fingerprint density at radius 1 is 1.33 bits per heavy atom. The number of hydrogen-bond donors (Lipinski definition) is 2. The van der Waals surface area contributed by atoms with E-state index in [4.69, 9.17) is 5.11 Å². The molecule has 2 aromatic rings. The number of para-hydroxylation sites is 1. The Balaban J connectivity index is 2.73. The summed E-state index contributed by atoms with van der Waals surface area (Å²) in [6, 6.07) is 5.94. The van der Waals surface area contributed by atoms with E-state index in [1.54, 1.807) is 0 Å². The minimum Gasteiger partial charge on any atom is -0.505 e. The largest absolute Gasteiger partial charge is 0.505 e. The minimum atomic E-state index is -1.52. The maximum Gasteiger partial charge on any atom is 0.360 e. The fraction of sp³-hybridized carbons (Fsp3) is 0. The van der Waals surface area contributed by atoms with Gasteiger partial charge in [0.25, 0.3) is 5.56 Å². The Morgan fingerprint density at radius 2 is 2.00 bits per heavy atom. The van der Waals surface area contributed by atoms with Gasteiger partial charge in [0, 0.05) is 6.07 Å². The first-order valence-electron chi connectivity index (χ1n) is 4.82. The van der Waals surface area contributed by atoms with Crippen LogP contribution in [-0.4, -0.2) is 26.0 Å². The van der Waals surface area contributed by atoms with E-state index in [-0.39, 0.29) is 5.69 Å². The molecule has 0 bridgehead atoms. The van der Waals surface area contributed by atoms with Crippen LogP contribution in [0.2, 0.25) is 0 Å². The molecular formula is C11H7FN2O4. The van der Waals surface area contributed by atoms with E-state index >= 15 is 0 Å². The van der Waals surface area contributed by atoms with E-state index in [1.165, 1.54) is 18.2 Å². The number of carbonyl (C=O) groups is 1. The van der Waals surface area contributed by atoms with Crippen LogP contribution in [-0.2, 0) is 0 Å². The van der Waals surface area contributed by atoms with Crippen molar-refractivity contribution in [1.82, 2.24) is 9.78 Å². The summed E-state index contributed by atoms with van der Waals surface area (Å²) >= 11 is 0. The summed E-state index contributed by atoms with van der Waals surface area (Å²) in [5, 5.41) is 21.4. The van der Waals surface area contributed by atoms with Crippen molar-refractivity contribution < 1.29 is 19.4 Å². The first-order valence-corrected chi connectivity index (χ1v) is 4.82. The van der Waals surface area contributed by atoms with Gasteiger partial charge in [-0.05, 0) is 12.1 Å². The molecule has 1 heterocycles. The summed E-state index contributed by atoms with van der Waals surface area (Å²) in [4.78, 5) is 22.3. The lowest BCUT2D eigenvalue weighted by atomic mass is 10.3. The van der Waals surface area contributed by atoms with Gasteiger partial charge in [-0.15, -0.1) is 0 Å². The second-order valence-corrected chi connectivity index (χ2v) is 3.38. The molecule has 0 spiro atoms. The molecule has 92 valence electrons. The highest BCUT2D eigenvalue weighted by molar-refractivity contribution is 5.88. The van der Waals surface area contributed by atoms with Crippen LogP contribution in [0.15, 0.2) is 35.1 Å². The predicted octanol–water partition coefficient (Wildman–Crippen LogP) is 0.775. The van der Waals surface area contributed by atoms with Gasteiger partial charge in [0.2, 0.25) is 5.69 Å². The maximum absolute atomic E-state index is 13.5. The number of rotatable bonds is 2. The number of aromatic nitrogens is 2. The summed E-state index contributed by atoms with van der Waals surface area (Å²) in [7, 11) is 0. The number of nitrogens with zero attached hydrogens (tertiary/aromatic N) is 2. The highest BCUT2D eigenvalue weighted by Gasteiger charge is 2.16. The molecule has 0 aliphatic carbocycles. The van der Waals surface area contributed by atoms with Crippen molar-refractivity contribution in [2.24, 2.45) is 0 Å². The first-order chi connectivity index (χ1) is 8.50. The summed E-state index contributed by atoms with van der Waals surface area (Å²) in [6.07, 6.45) is 0. The number of aromatic carboxylic acids is 1. The van der Waals surface area contributed by atoms with Crippen LogP contribution in [0.25, 0.3) is 5.69 Å². The monoisotopic (exact) mass is 250 g/mol. The van der Waals surface area contributed by atoms with Gasteiger partial charge in [-0.3, -0.25) is 4.79 Å². The molecule has 18 heavy (non-hydrogen) atoms. The molecule has 2 rings (SSSR count). The highest BCUT2D eigenvalue weighted by Crippen LogP contribution is 2.14. The molecule has 0 radical (unpaired) electrons. The summed E-state index contributed by atoms with van der Waals surface area (Å²) in [5.74, 6) is -3.01. The molecule has 1 aromatic carbocycles. The molecule has 6 nitrogen and oxygen atoms in total. The van der Waals surface area contributed by atoms with Crippen molar-refractivity contribution in [2.75, 3.05) is 0 Å². The molecule has 0 fully saturated rings. The van der Waals surface area contributed by atoms with E-state index in [1.807, 2.05) is 0 Å². The van der Waals surface area contributed by atoms with Crippen LogP contribution < -0.4 is 5.56 Å². The van der Waals surface area contributed by atoms with Gasteiger partial charge >= 0.3 is 5.97 Å². The number of benzene rings is 1. The van der Waals surface area contributed by atoms with Gasteiger partial charge in [-0.1, -0.05) is 12.1 Å². The SMILES string of the molecule is O=C(O)c1nn(-c2ccccc2F)c(=O)cc1O. The zero-order valence-electron chi connectivity index (χ0n) is 8.87. The van der Waals surface area contributed by atoms with Gasteiger partial charge in [-0.25, -0.2) is 9.18 Å². The van der Waals surface area contributed by atoms with E-state index in [0.29, 0.717) is 10.7 Å². The first kappa shape index (κ1) is 11.8. The third kappa shape index (κ3) is 1.93. The topological polar surface area (TPSA) is 92.4 Å². The quantitative estimate of drug-likeness (QED) is 0.821. The average molecular weight is 250 g/mol.